The summed E-state index contributed by atoms with van der Waals surface area (Å²) in [5.74, 6) is -2.81. The number of carbonyl (C=O) groups excluding carboxylic acids is 1. The highest BCUT2D eigenvalue weighted by Gasteiger charge is 2.38. The molecule has 1 saturated carbocycles. The number of rotatable bonds is 5. The topological polar surface area (TPSA) is 114 Å². The quantitative estimate of drug-likeness (QED) is 0.636. The fourth-order valence-corrected chi connectivity index (χ4v) is 3.48. The van der Waals surface area contributed by atoms with Crippen molar-refractivity contribution in [3.05, 3.63) is 53.3 Å². The van der Waals surface area contributed by atoms with Crippen molar-refractivity contribution in [1.29, 1.82) is 0 Å². The number of carboxylic acid groups (broad SMARTS) is 1. The van der Waals surface area contributed by atoms with E-state index in [-0.39, 0.29) is 24.0 Å². The lowest BCUT2D eigenvalue weighted by Crippen LogP contribution is -2.43. The van der Waals surface area contributed by atoms with Crippen molar-refractivity contribution in [2.45, 2.75) is 44.2 Å². The molecule has 0 bridgehead atoms. The second-order valence-corrected chi connectivity index (χ2v) is 7.70. The predicted molar refractivity (Wildman–Crippen MR) is 106 cm³/mol. The van der Waals surface area contributed by atoms with Gasteiger partial charge in [0.25, 0.3) is 0 Å². The van der Waals surface area contributed by atoms with Crippen LogP contribution >= 0.6 is 0 Å². The van der Waals surface area contributed by atoms with Gasteiger partial charge in [-0.3, -0.25) is 9.48 Å². The van der Waals surface area contributed by atoms with E-state index in [9.17, 15) is 23.1 Å². The zero-order chi connectivity index (χ0) is 23.3. The zero-order valence-corrected chi connectivity index (χ0v) is 17.1. The van der Waals surface area contributed by atoms with Crippen LogP contribution in [0.4, 0.5) is 13.2 Å². The number of halogens is 3. The minimum atomic E-state index is -5.08. The SMILES string of the molecule is O=C(NCC1OCCc2cn(Cc3ccccc3)nc21)C1CC(O)C1.O=C(O)C(F)(F)F. The van der Waals surface area contributed by atoms with Crippen LogP contribution in [0.5, 0.6) is 0 Å². The average molecular weight is 455 g/mol. The number of ether oxygens (including phenoxy) is 1. The standard InChI is InChI=1S/C19H23N3O3.C2HF3O2/c23-16-8-15(9-16)19(24)20-10-17-18-14(6-7-25-17)12-22(21-18)11-13-4-2-1-3-5-13;3-2(4,5)1(6)7/h1-5,12,15-17,23H,6-11H2,(H,20,24);(H,6,7). The predicted octanol–water partition coefficient (Wildman–Crippen LogP) is 2.07. The van der Waals surface area contributed by atoms with Crippen LogP contribution < -0.4 is 5.32 Å². The maximum atomic E-state index is 12.1. The Labute approximate surface area is 182 Å². The number of benzene rings is 1. The highest BCUT2D eigenvalue weighted by atomic mass is 19.4. The third kappa shape index (κ3) is 6.30. The van der Waals surface area contributed by atoms with Crippen LogP contribution in [0.2, 0.25) is 0 Å². The summed E-state index contributed by atoms with van der Waals surface area (Å²) < 4.78 is 39.5. The molecule has 1 aliphatic heterocycles. The van der Waals surface area contributed by atoms with Crippen molar-refractivity contribution >= 4 is 11.9 Å². The molecule has 1 amide bonds. The van der Waals surface area contributed by atoms with Gasteiger partial charge in [-0.25, -0.2) is 4.79 Å². The lowest BCUT2D eigenvalue weighted by molar-refractivity contribution is -0.192. The van der Waals surface area contributed by atoms with Crippen LogP contribution in [0.3, 0.4) is 0 Å². The molecule has 1 unspecified atom stereocenters. The summed E-state index contributed by atoms with van der Waals surface area (Å²) in [4.78, 5) is 21.0. The van der Waals surface area contributed by atoms with Gasteiger partial charge in [0, 0.05) is 18.7 Å². The van der Waals surface area contributed by atoms with E-state index >= 15 is 0 Å². The second-order valence-electron chi connectivity index (χ2n) is 7.70. The number of fused-ring (bicyclic) bond motifs is 1. The summed E-state index contributed by atoms with van der Waals surface area (Å²) in [6, 6.07) is 10.2. The number of amides is 1. The molecule has 0 radical (unpaired) electrons. The number of nitrogens with one attached hydrogen (secondary N) is 1. The Hall–Kier alpha value is -2.92. The van der Waals surface area contributed by atoms with Gasteiger partial charge in [0.2, 0.25) is 5.91 Å². The third-order valence-corrected chi connectivity index (χ3v) is 5.24. The van der Waals surface area contributed by atoms with Gasteiger partial charge in [0.15, 0.2) is 0 Å². The van der Waals surface area contributed by atoms with Gasteiger partial charge < -0.3 is 20.3 Å². The highest BCUT2D eigenvalue weighted by Crippen LogP contribution is 2.28. The van der Waals surface area contributed by atoms with Crippen molar-refractivity contribution in [3.63, 3.8) is 0 Å². The number of hydrogen-bond acceptors (Lipinski definition) is 5. The van der Waals surface area contributed by atoms with Crippen molar-refractivity contribution < 1.29 is 37.7 Å². The molecule has 2 aliphatic rings. The van der Waals surface area contributed by atoms with E-state index in [0.29, 0.717) is 26.0 Å². The fraction of sp³-hybridized carbons (Fsp3) is 0.476. The van der Waals surface area contributed by atoms with Gasteiger partial charge in [-0.05, 0) is 30.4 Å². The molecule has 1 atom stereocenters. The Morgan fingerprint density at radius 3 is 2.47 bits per heavy atom. The van der Waals surface area contributed by atoms with Crippen LogP contribution in [-0.2, 0) is 27.3 Å². The number of hydrogen-bond donors (Lipinski definition) is 3. The third-order valence-electron chi connectivity index (χ3n) is 5.24. The summed E-state index contributed by atoms with van der Waals surface area (Å²) in [6.07, 6.45) is -1.54. The Kier molecular flexibility index (Phi) is 7.52. The summed E-state index contributed by atoms with van der Waals surface area (Å²) in [6.45, 7) is 1.81. The number of aromatic nitrogens is 2. The van der Waals surface area contributed by atoms with E-state index in [1.807, 2.05) is 22.9 Å². The van der Waals surface area contributed by atoms with Crippen LogP contribution in [0, 0.1) is 5.92 Å². The van der Waals surface area contributed by atoms with E-state index in [2.05, 4.69) is 23.6 Å². The van der Waals surface area contributed by atoms with E-state index in [1.54, 1.807) is 0 Å². The smallest absolute Gasteiger partial charge is 0.475 e. The molecule has 174 valence electrons. The first-order chi connectivity index (χ1) is 15.1. The maximum Gasteiger partial charge on any atom is 0.490 e. The molecular formula is C21H24F3N3O5. The molecular weight excluding hydrogens is 431 g/mol. The summed E-state index contributed by atoms with van der Waals surface area (Å²) in [5.41, 5.74) is 3.33. The average Bonchev–Trinajstić information content (AvgIpc) is 3.13. The Morgan fingerprint density at radius 2 is 1.88 bits per heavy atom. The van der Waals surface area contributed by atoms with E-state index in [0.717, 1.165) is 18.7 Å². The molecule has 11 heteroatoms. The van der Waals surface area contributed by atoms with Gasteiger partial charge in [-0.2, -0.15) is 18.3 Å². The molecule has 32 heavy (non-hydrogen) atoms. The number of carbonyl (C=O) groups is 2. The van der Waals surface area contributed by atoms with Gasteiger partial charge in [-0.15, -0.1) is 0 Å². The van der Waals surface area contributed by atoms with Crippen LogP contribution in [0.25, 0.3) is 0 Å². The van der Waals surface area contributed by atoms with E-state index in [1.165, 1.54) is 11.1 Å². The van der Waals surface area contributed by atoms with Gasteiger partial charge in [0.1, 0.15) is 6.10 Å². The molecule has 8 nitrogen and oxygen atoms in total. The normalized spacial score (nSPS) is 22.1. The van der Waals surface area contributed by atoms with Crippen molar-refractivity contribution in [3.8, 4) is 0 Å². The molecule has 1 aromatic heterocycles. The number of aliphatic hydroxyl groups is 1. The summed E-state index contributed by atoms with van der Waals surface area (Å²) in [5, 5.41) is 24.1. The van der Waals surface area contributed by atoms with Gasteiger partial charge in [0.05, 0.1) is 24.9 Å². The Morgan fingerprint density at radius 1 is 1.22 bits per heavy atom. The molecule has 1 aromatic carbocycles. The first-order valence-corrected chi connectivity index (χ1v) is 10.1. The monoisotopic (exact) mass is 455 g/mol. The molecule has 0 spiro atoms. The zero-order valence-electron chi connectivity index (χ0n) is 17.1. The number of aliphatic carboxylic acids is 1. The summed E-state index contributed by atoms with van der Waals surface area (Å²) >= 11 is 0. The lowest BCUT2D eigenvalue weighted by Gasteiger charge is -2.31. The maximum absolute atomic E-state index is 12.1. The van der Waals surface area contributed by atoms with Crippen molar-refractivity contribution in [1.82, 2.24) is 15.1 Å². The number of nitrogens with zero attached hydrogens (tertiary/aromatic N) is 2. The minimum absolute atomic E-state index is 0.00439. The van der Waals surface area contributed by atoms with Crippen LogP contribution in [-0.4, -0.2) is 57.3 Å². The molecule has 1 fully saturated rings. The van der Waals surface area contributed by atoms with E-state index < -0.39 is 12.1 Å². The number of carboxylic acids is 1. The van der Waals surface area contributed by atoms with E-state index in [4.69, 9.17) is 19.7 Å². The van der Waals surface area contributed by atoms with Crippen molar-refractivity contribution in [2.24, 2.45) is 5.92 Å². The van der Waals surface area contributed by atoms with Crippen molar-refractivity contribution in [2.75, 3.05) is 13.2 Å². The number of aliphatic hydroxyl groups excluding tert-OH is 1. The molecule has 3 N–H and O–H groups in total. The lowest BCUT2D eigenvalue weighted by atomic mass is 9.82. The first kappa shape index (κ1) is 23.7. The van der Waals surface area contributed by atoms with Gasteiger partial charge in [-0.1, -0.05) is 30.3 Å². The fourth-order valence-electron chi connectivity index (χ4n) is 3.48. The van der Waals surface area contributed by atoms with Gasteiger partial charge >= 0.3 is 12.1 Å². The molecule has 2 heterocycles. The molecule has 2 aromatic rings. The Balaban J connectivity index is 0.000000360. The minimum Gasteiger partial charge on any atom is -0.475 e. The highest BCUT2D eigenvalue weighted by molar-refractivity contribution is 5.79. The first-order valence-electron chi connectivity index (χ1n) is 10.1. The number of alkyl halides is 3. The second kappa shape index (κ2) is 10.1. The molecule has 1 aliphatic carbocycles. The Bertz CT molecular complexity index is 927. The summed E-state index contributed by atoms with van der Waals surface area (Å²) in [7, 11) is 0. The molecule has 0 saturated heterocycles. The molecule has 4 rings (SSSR count). The van der Waals surface area contributed by atoms with Crippen LogP contribution in [0.1, 0.15) is 35.8 Å². The largest absolute Gasteiger partial charge is 0.490 e. The van der Waals surface area contributed by atoms with Crippen LogP contribution in [0.15, 0.2) is 36.5 Å².